The molecule has 0 atom stereocenters. The molecule has 0 heterocycles. The zero-order chi connectivity index (χ0) is 8.24. The first-order valence-electron chi connectivity index (χ1n) is 3.81. The Kier molecular flexibility index (Phi) is 19.1. The van der Waals surface area contributed by atoms with Gasteiger partial charge in [-0.1, -0.05) is 25.8 Å². The van der Waals surface area contributed by atoms with Gasteiger partial charge in [0.15, 0.2) is 0 Å². The fourth-order valence-electron chi connectivity index (χ4n) is 0.348. The molecule has 0 unspecified atom stereocenters. The molecule has 0 bridgehead atoms. The van der Waals surface area contributed by atoms with E-state index in [9.17, 15) is 0 Å². The Labute approximate surface area is 64.9 Å². The Hall–Kier alpha value is -0.590. The van der Waals surface area contributed by atoms with Gasteiger partial charge in [0.1, 0.15) is 0 Å². The summed E-state index contributed by atoms with van der Waals surface area (Å²) in [7, 11) is 1.75. The van der Waals surface area contributed by atoms with Crippen LogP contribution in [0, 0.1) is 0 Å². The van der Waals surface area contributed by atoms with E-state index in [1.807, 2.05) is 13.0 Å². The molecule has 0 aliphatic rings. The Balaban J connectivity index is 0. The maximum absolute atomic E-state index is 3.61. The molecular weight excluding hydrogens is 122 g/mol. The summed E-state index contributed by atoms with van der Waals surface area (Å²) in [5.41, 5.74) is 0. The molecule has 0 amide bonds. The van der Waals surface area contributed by atoms with Crippen molar-refractivity contribution < 1.29 is 0 Å². The summed E-state index contributed by atoms with van der Waals surface area (Å²) in [4.78, 5) is 3.61. The number of hydrogen-bond donors (Lipinski definition) is 0. The van der Waals surface area contributed by atoms with Gasteiger partial charge in [0, 0.05) is 7.05 Å². The van der Waals surface area contributed by atoms with Crippen LogP contribution in [0.4, 0.5) is 0 Å². The van der Waals surface area contributed by atoms with Gasteiger partial charge < -0.3 is 4.99 Å². The lowest BCUT2D eigenvalue weighted by molar-refractivity contribution is 0.816. The molecule has 10 heavy (non-hydrogen) atoms. The molecule has 0 spiro atoms. The second kappa shape index (κ2) is 15.8. The second-order valence-corrected chi connectivity index (χ2v) is 1.95. The van der Waals surface area contributed by atoms with Crippen molar-refractivity contribution in [2.24, 2.45) is 4.99 Å². The van der Waals surface area contributed by atoms with Crippen LogP contribution in [0.3, 0.4) is 0 Å². The third-order valence-electron chi connectivity index (χ3n) is 1.02. The minimum Gasteiger partial charge on any atom is -0.301 e. The van der Waals surface area contributed by atoms with Gasteiger partial charge >= 0.3 is 0 Å². The zero-order valence-corrected chi connectivity index (χ0v) is 7.43. The summed E-state index contributed by atoms with van der Waals surface area (Å²) in [5, 5.41) is 0. The van der Waals surface area contributed by atoms with E-state index < -0.39 is 0 Å². The Morgan fingerprint density at radius 2 is 2.00 bits per heavy atom. The number of nitrogens with zero attached hydrogens (tertiary/aromatic N) is 1. The highest BCUT2D eigenvalue weighted by molar-refractivity contribution is 5.52. The summed E-state index contributed by atoms with van der Waals surface area (Å²) in [6.07, 6.45) is 7.47. The Morgan fingerprint density at radius 1 is 1.50 bits per heavy atom. The predicted octanol–water partition coefficient (Wildman–Crippen LogP) is 3.07. The van der Waals surface area contributed by atoms with E-state index in [1.165, 1.54) is 19.3 Å². The molecule has 0 aliphatic heterocycles. The number of unbranched alkanes of at least 4 members (excludes halogenated alkanes) is 2. The maximum Gasteiger partial charge on any atom is 0.0273 e. The van der Waals surface area contributed by atoms with Crippen molar-refractivity contribution in [2.75, 3.05) is 7.05 Å². The monoisotopic (exact) mass is 141 g/mol. The van der Waals surface area contributed by atoms with Crippen LogP contribution in [0.25, 0.3) is 0 Å². The number of hydrogen-bond acceptors (Lipinski definition) is 1. The zero-order valence-electron chi connectivity index (χ0n) is 7.43. The smallest absolute Gasteiger partial charge is 0.0273 e. The van der Waals surface area contributed by atoms with E-state index >= 15 is 0 Å². The minimum absolute atomic E-state index is 1.18. The van der Waals surface area contributed by atoms with Gasteiger partial charge in [0.05, 0.1) is 0 Å². The van der Waals surface area contributed by atoms with Crippen LogP contribution in [0.2, 0.25) is 0 Å². The summed E-state index contributed by atoms with van der Waals surface area (Å²) in [6, 6.07) is 0. The SMILES string of the molecule is C=CCCCC.CC=NC. The normalized spacial score (nSPS) is 8.70. The van der Waals surface area contributed by atoms with Gasteiger partial charge in [-0.15, -0.1) is 6.58 Å². The van der Waals surface area contributed by atoms with Crippen molar-refractivity contribution in [3.05, 3.63) is 12.7 Å². The van der Waals surface area contributed by atoms with Crippen LogP contribution in [0.1, 0.15) is 33.1 Å². The molecule has 0 radical (unpaired) electrons. The lowest BCUT2D eigenvalue weighted by Crippen LogP contribution is -1.61. The number of aliphatic imine (C=N–C) groups is 1. The molecule has 0 N–H and O–H groups in total. The molecule has 1 nitrogen and oxygen atoms in total. The standard InChI is InChI=1S/C6H12.C3H7N/c1-3-5-6-4-2;1-3-4-2/h3H,1,4-6H2,2H3;3H,1-2H3. The summed E-state index contributed by atoms with van der Waals surface area (Å²) >= 11 is 0. The van der Waals surface area contributed by atoms with Crippen molar-refractivity contribution in [1.82, 2.24) is 0 Å². The van der Waals surface area contributed by atoms with Crippen molar-refractivity contribution in [3.63, 3.8) is 0 Å². The van der Waals surface area contributed by atoms with E-state index in [2.05, 4.69) is 18.5 Å². The number of allylic oxidation sites excluding steroid dienone is 1. The van der Waals surface area contributed by atoms with E-state index in [4.69, 9.17) is 0 Å². The van der Waals surface area contributed by atoms with Crippen LogP contribution >= 0.6 is 0 Å². The van der Waals surface area contributed by atoms with E-state index in [-0.39, 0.29) is 0 Å². The van der Waals surface area contributed by atoms with Crippen LogP contribution in [-0.2, 0) is 0 Å². The second-order valence-electron chi connectivity index (χ2n) is 1.95. The van der Waals surface area contributed by atoms with Crippen LogP contribution in [0.15, 0.2) is 17.6 Å². The highest BCUT2D eigenvalue weighted by atomic mass is 14.6. The quantitative estimate of drug-likeness (QED) is 0.325. The molecule has 60 valence electrons. The van der Waals surface area contributed by atoms with E-state index in [0.717, 1.165) is 0 Å². The molecule has 0 saturated carbocycles. The molecular formula is C9H19N. The fourth-order valence-corrected chi connectivity index (χ4v) is 0.348. The first kappa shape index (κ1) is 12.1. The fraction of sp³-hybridized carbons (Fsp3) is 0.667. The molecule has 0 rings (SSSR count). The number of rotatable bonds is 3. The third kappa shape index (κ3) is 26.2. The van der Waals surface area contributed by atoms with Crippen LogP contribution in [0.5, 0.6) is 0 Å². The van der Waals surface area contributed by atoms with Crippen molar-refractivity contribution >= 4 is 6.21 Å². The lowest BCUT2D eigenvalue weighted by atomic mass is 10.3. The minimum atomic E-state index is 1.18. The average molecular weight is 141 g/mol. The van der Waals surface area contributed by atoms with Gasteiger partial charge in [-0.05, 0) is 19.6 Å². The summed E-state index contributed by atoms with van der Waals surface area (Å²) in [5.74, 6) is 0. The molecule has 0 aromatic carbocycles. The van der Waals surface area contributed by atoms with E-state index in [1.54, 1.807) is 13.3 Å². The first-order valence-corrected chi connectivity index (χ1v) is 3.81. The maximum atomic E-state index is 3.61. The topological polar surface area (TPSA) is 12.4 Å². The Bertz CT molecular complexity index is 70.8. The first-order chi connectivity index (χ1) is 4.83. The van der Waals surface area contributed by atoms with Gasteiger partial charge in [0.25, 0.3) is 0 Å². The molecule has 0 aliphatic carbocycles. The molecule has 0 aromatic heterocycles. The average Bonchev–Trinajstić information content (AvgIpc) is 2.01. The van der Waals surface area contributed by atoms with Crippen molar-refractivity contribution in [2.45, 2.75) is 33.1 Å². The van der Waals surface area contributed by atoms with Gasteiger partial charge in [0.2, 0.25) is 0 Å². The predicted molar refractivity (Wildman–Crippen MR) is 49.8 cm³/mol. The highest BCUT2D eigenvalue weighted by Gasteiger charge is 1.71. The highest BCUT2D eigenvalue weighted by Crippen LogP contribution is 1.91. The van der Waals surface area contributed by atoms with Crippen molar-refractivity contribution in [1.29, 1.82) is 0 Å². The third-order valence-corrected chi connectivity index (χ3v) is 1.02. The van der Waals surface area contributed by atoms with Crippen molar-refractivity contribution in [3.8, 4) is 0 Å². The van der Waals surface area contributed by atoms with Gasteiger partial charge in [-0.2, -0.15) is 0 Å². The van der Waals surface area contributed by atoms with Gasteiger partial charge in [-0.25, -0.2) is 0 Å². The summed E-state index contributed by atoms with van der Waals surface area (Å²) in [6.45, 7) is 7.67. The molecule has 0 fully saturated rings. The van der Waals surface area contributed by atoms with E-state index in [0.29, 0.717) is 0 Å². The van der Waals surface area contributed by atoms with Gasteiger partial charge in [-0.3, -0.25) is 0 Å². The Morgan fingerprint density at radius 3 is 2.10 bits per heavy atom. The summed E-state index contributed by atoms with van der Waals surface area (Å²) < 4.78 is 0. The van der Waals surface area contributed by atoms with Crippen LogP contribution < -0.4 is 0 Å². The molecule has 0 saturated heterocycles. The largest absolute Gasteiger partial charge is 0.301 e. The van der Waals surface area contributed by atoms with Crippen LogP contribution in [-0.4, -0.2) is 13.3 Å². The molecule has 0 aromatic rings. The molecule has 1 heteroatoms. The lowest BCUT2D eigenvalue weighted by Gasteiger charge is -1.81.